The zero-order chi connectivity index (χ0) is 21.1. The Kier molecular flexibility index (Phi) is 4.53. The highest BCUT2D eigenvalue weighted by Crippen LogP contribution is 2.41. The van der Waals surface area contributed by atoms with Crippen LogP contribution in [0.4, 0.5) is 5.69 Å². The van der Waals surface area contributed by atoms with Gasteiger partial charge < -0.3 is 4.74 Å². The highest BCUT2D eigenvalue weighted by Gasteiger charge is 2.34. The van der Waals surface area contributed by atoms with Crippen molar-refractivity contribution in [3.8, 4) is 11.6 Å². The lowest BCUT2D eigenvalue weighted by molar-refractivity contribution is 0.380. The van der Waals surface area contributed by atoms with Crippen molar-refractivity contribution in [2.75, 3.05) is 24.6 Å². The number of hydrogen-bond donors (Lipinski definition) is 0. The van der Waals surface area contributed by atoms with Gasteiger partial charge in [0, 0.05) is 19.3 Å². The van der Waals surface area contributed by atoms with Gasteiger partial charge in [-0.15, -0.1) is 0 Å². The lowest BCUT2D eigenvalue weighted by Crippen LogP contribution is -2.27. The fourth-order valence-corrected chi connectivity index (χ4v) is 7.40. The third-order valence-electron chi connectivity index (χ3n) is 5.81. The third kappa shape index (κ3) is 3.25. The van der Waals surface area contributed by atoms with Crippen LogP contribution in [0.2, 0.25) is 0 Å². The molecule has 3 aliphatic rings. The Balaban J connectivity index is 1.52. The number of nitrogens with zero attached hydrogens (tertiary/aromatic N) is 4. The molecule has 0 amide bonds. The van der Waals surface area contributed by atoms with E-state index in [0.717, 1.165) is 12.8 Å². The van der Waals surface area contributed by atoms with Crippen LogP contribution in [0.3, 0.4) is 0 Å². The first-order chi connectivity index (χ1) is 14.2. The molecule has 2 fully saturated rings. The van der Waals surface area contributed by atoms with E-state index < -0.39 is 19.9 Å². The van der Waals surface area contributed by atoms with Gasteiger partial charge in [0.25, 0.3) is 0 Å². The molecule has 0 N–H and O–H groups in total. The standard InChI is InChI=1S/C19H22N4O5S2/c1-13-16-11-20-17-10-15(30(26,27)22-7-2-3-8-22)4-5-18(17)28-19(16)23(21-13)14-6-9-29(24,25)12-14/h4-5,10-11,14H,2-3,6-9,12H2,1H3/t14-/m0/s1. The van der Waals surface area contributed by atoms with Crippen molar-refractivity contribution < 1.29 is 21.6 Å². The van der Waals surface area contributed by atoms with E-state index in [1.807, 2.05) is 6.92 Å². The fraction of sp³-hybridized carbons (Fsp3) is 0.474. The molecule has 0 spiro atoms. The molecule has 4 heterocycles. The zero-order valence-electron chi connectivity index (χ0n) is 16.5. The molecular weight excluding hydrogens is 428 g/mol. The van der Waals surface area contributed by atoms with E-state index in [0.29, 0.717) is 48.1 Å². The number of fused-ring (bicyclic) bond motifs is 2. The maximum Gasteiger partial charge on any atom is 0.243 e. The number of sulfone groups is 1. The van der Waals surface area contributed by atoms with Gasteiger partial charge in [-0.25, -0.2) is 21.5 Å². The molecule has 0 bridgehead atoms. The summed E-state index contributed by atoms with van der Waals surface area (Å²) in [7, 11) is -6.64. The van der Waals surface area contributed by atoms with Crippen LogP contribution < -0.4 is 4.74 Å². The number of ether oxygens (including phenoxy) is 1. The van der Waals surface area contributed by atoms with Crippen LogP contribution in [-0.4, -0.2) is 61.7 Å². The van der Waals surface area contributed by atoms with Crippen LogP contribution in [-0.2, 0) is 19.9 Å². The van der Waals surface area contributed by atoms with Crippen molar-refractivity contribution in [3.05, 3.63) is 29.5 Å². The van der Waals surface area contributed by atoms with Crippen LogP contribution in [0.15, 0.2) is 28.1 Å². The van der Waals surface area contributed by atoms with Crippen molar-refractivity contribution in [2.45, 2.75) is 37.1 Å². The minimum absolute atomic E-state index is 0.0287. The molecule has 3 aliphatic heterocycles. The highest BCUT2D eigenvalue weighted by molar-refractivity contribution is 7.91. The molecule has 11 heteroatoms. The Hall–Kier alpha value is -2.24. The summed E-state index contributed by atoms with van der Waals surface area (Å²) in [6.45, 7) is 2.88. The monoisotopic (exact) mass is 450 g/mol. The Morgan fingerprint density at radius 3 is 2.67 bits per heavy atom. The normalized spacial score (nSPS) is 23.0. The van der Waals surface area contributed by atoms with Gasteiger partial charge in [0.2, 0.25) is 15.9 Å². The van der Waals surface area contributed by atoms with Crippen molar-refractivity contribution in [2.24, 2.45) is 4.99 Å². The smallest absolute Gasteiger partial charge is 0.243 e. The molecule has 1 atom stereocenters. The number of aromatic nitrogens is 2. The number of hydrogen-bond acceptors (Lipinski definition) is 7. The molecule has 0 aliphatic carbocycles. The molecule has 160 valence electrons. The highest BCUT2D eigenvalue weighted by atomic mass is 32.2. The number of sulfonamides is 1. The maximum atomic E-state index is 12.9. The van der Waals surface area contributed by atoms with E-state index in [-0.39, 0.29) is 22.4 Å². The predicted molar refractivity (Wildman–Crippen MR) is 111 cm³/mol. The molecule has 0 saturated carbocycles. The average molecular weight is 451 g/mol. The lowest BCUT2D eigenvalue weighted by Gasteiger charge is -2.17. The summed E-state index contributed by atoms with van der Waals surface area (Å²) in [6.07, 6.45) is 3.83. The van der Waals surface area contributed by atoms with E-state index in [9.17, 15) is 16.8 Å². The summed E-state index contributed by atoms with van der Waals surface area (Å²) in [5.74, 6) is 1.01. The van der Waals surface area contributed by atoms with E-state index in [4.69, 9.17) is 4.74 Å². The first kappa shape index (κ1) is 19.7. The topological polar surface area (TPSA) is 111 Å². The van der Waals surface area contributed by atoms with Crippen molar-refractivity contribution in [1.29, 1.82) is 0 Å². The van der Waals surface area contributed by atoms with E-state index in [1.54, 1.807) is 17.0 Å². The Morgan fingerprint density at radius 1 is 1.20 bits per heavy atom. The lowest BCUT2D eigenvalue weighted by atomic mass is 10.2. The molecule has 1 aromatic carbocycles. The average Bonchev–Trinajstić information content (AvgIpc) is 3.39. The molecular formula is C19H22N4O5S2. The van der Waals surface area contributed by atoms with Crippen molar-refractivity contribution in [1.82, 2.24) is 14.1 Å². The van der Waals surface area contributed by atoms with Gasteiger partial charge in [0.05, 0.1) is 33.7 Å². The minimum atomic E-state index is -3.56. The molecule has 2 saturated heterocycles. The maximum absolute atomic E-state index is 12.9. The molecule has 2 aromatic rings. The second-order valence-electron chi connectivity index (χ2n) is 7.91. The summed E-state index contributed by atoms with van der Waals surface area (Å²) in [5.41, 5.74) is 1.76. The van der Waals surface area contributed by atoms with Gasteiger partial charge in [0.15, 0.2) is 15.6 Å². The second kappa shape index (κ2) is 6.89. The third-order valence-corrected chi connectivity index (χ3v) is 9.46. The summed E-state index contributed by atoms with van der Waals surface area (Å²) < 4.78 is 58.8. The fourth-order valence-electron chi connectivity index (χ4n) is 4.17. The van der Waals surface area contributed by atoms with Crippen molar-refractivity contribution in [3.63, 3.8) is 0 Å². The zero-order valence-corrected chi connectivity index (χ0v) is 18.1. The van der Waals surface area contributed by atoms with Crippen LogP contribution in [0.1, 0.15) is 36.6 Å². The summed E-state index contributed by atoms with van der Waals surface area (Å²) in [4.78, 5) is 4.64. The van der Waals surface area contributed by atoms with Gasteiger partial charge in [-0.1, -0.05) is 0 Å². The first-order valence-electron chi connectivity index (χ1n) is 9.90. The molecule has 0 unspecified atom stereocenters. The van der Waals surface area contributed by atoms with E-state index in [2.05, 4.69) is 10.1 Å². The van der Waals surface area contributed by atoms with Gasteiger partial charge in [-0.05, 0) is 44.4 Å². The SMILES string of the molecule is Cc1nn([C@H]2CCS(=O)(=O)C2)c2c1C=Nc1cc(S(=O)(=O)N3CCCC3)ccc1O2. The quantitative estimate of drug-likeness (QED) is 0.605. The Labute approximate surface area is 175 Å². The molecule has 5 rings (SSSR count). The van der Waals surface area contributed by atoms with Crippen LogP contribution in [0, 0.1) is 6.92 Å². The van der Waals surface area contributed by atoms with Crippen molar-refractivity contribution >= 4 is 31.8 Å². The van der Waals surface area contributed by atoms with Gasteiger partial charge >= 0.3 is 0 Å². The van der Waals surface area contributed by atoms with Crippen LogP contribution >= 0.6 is 0 Å². The number of rotatable bonds is 3. The largest absolute Gasteiger partial charge is 0.436 e. The van der Waals surface area contributed by atoms with E-state index >= 15 is 0 Å². The Bertz CT molecular complexity index is 1260. The summed E-state index contributed by atoms with van der Waals surface area (Å²) >= 11 is 0. The summed E-state index contributed by atoms with van der Waals surface area (Å²) in [6, 6.07) is 4.37. The number of aliphatic imine (C=N–C) groups is 1. The second-order valence-corrected chi connectivity index (χ2v) is 12.1. The first-order valence-corrected chi connectivity index (χ1v) is 13.2. The van der Waals surface area contributed by atoms with Gasteiger partial charge in [0.1, 0.15) is 5.69 Å². The summed E-state index contributed by atoms with van der Waals surface area (Å²) in [5, 5.41) is 4.50. The van der Waals surface area contributed by atoms with Crippen LogP contribution in [0.5, 0.6) is 11.6 Å². The molecule has 1 aromatic heterocycles. The molecule has 9 nitrogen and oxygen atoms in total. The van der Waals surface area contributed by atoms with Gasteiger partial charge in [-0.2, -0.15) is 9.40 Å². The van der Waals surface area contributed by atoms with E-state index in [1.165, 1.54) is 16.4 Å². The minimum Gasteiger partial charge on any atom is -0.436 e. The van der Waals surface area contributed by atoms with Crippen LogP contribution in [0.25, 0.3) is 0 Å². The number of aryl methyl sites for hydroxylation is 1. The molecule has 30 heavy (non-hydrogen) atoms. The van der Waals surface area contributed by atoms with Gasteiger partial charge in [-0.3, -0.25) is 4.99 Å². The number of benzene rings is 1. The molecule has 0 radical (unpaired) electrons. The Morgan fingerprint density at radius 2 is 1.97 bits per heavy atom. The predicted octanol–water partition coefficient (Wildman–Crippen LogP) is 2.19.